The van der Waals surface area contributed by atoms with Gasteiger partial charge < -0.3 is 4.74 Å². The first-order valence-electron chi connectivity index (χ1n) is 5.80. The van der Waals surface area contributed by atoms with Gasteiger partial charge in [-0.15, -0.1) is 0 Å². The van der Waals surface area contributed by atoms with Gasteiger partial charge in [-0.2, -0.15) is 0 Å². The molecule has 2 heteroatoms. The Balaban J connectivity index is 2.59. The first-order valence-corrected chi connectivity index (χ1v) is 7.02. The predicted molar refractivity (Wildman–Crippen MR) is 79.4 cm³/mol. The molecule has 1 nitrogen and oxygen atoms in total. The monoisotopic (exact) mass is 256 g/mol. The van der Waals surface area contributed by atoms with Gasteiger partial charge in [0.2, 0.25) is 0 Å². The van der Waals surface area contributed by atoms with E-state index in [1.54, 1.807) is 18.9 Å². The molecule has 0 aliphatic rings. The van der Waals surface area contributed by atoms with Gasteiger partial charge in [0.15, 0.2) is 5.09 Å². The second kappa shape index (κ2) is 6.31. The van der Waals surface area contributed by atoms with E-state index in [2.05, 4.69) is 24.3 Å². The lowest BCUT2D eigenvalue weighted by molar-refractivity contribution is 0.327. The fourth-order valence-corrected chi connectivity index (χ4v) is 2.51. The molecule has 0 aromatic heterocycles. The average Bonchev–Trinajstić information content (AvgIpc) is 2.46. The molecule has 0 spiro atoms. The van der Waals surface area contributed by atoms with Gasteiger partial charge in [-0.05, 0) is 17.4 Å². The Hall–Kier alpha value is -1.67. The maximum atomic E-state index is 5.51. The molecule has 0 aliphatic heterocycles. The first kappa shape index (κ1) is 12.8. The van der Waals surface area contributed by atoms with Crippen LogP contribution in [0.2, 0.25) is 0 Å². The molecule has 2 aromatic carbocycles. The molecule has 0 amide bonds. The minimum atomic E-state index is 0.937. The number of hydrogen-bond acceptors (Lipinski definition) is 2. The quantitative estimate of drug-likeness (QED) is 0.749. The molecule has 0 atom stereocenters. The minimum absolute atomic E-state index is 0.937. The summed E-state index contributed by atoms with van der Waals surface area (Å²) in [6.45, 7) is 0. The van der Waals surface area contributed by atoms with Gasteiger partial charge in [0.1, 0.15) is 0 Å². The summed E-state index contributed by atoms with van der Waals surface area (Å²) < 4.78 is 5.51. The second-order valence-corrected chi connectivity index (χ2v) is 4.58. The second-order valence-electron chi connectivity index (χ2n) is 3.80. The molecule has 0 N–H and O–H groups in total. The molecule has 0 heterocycles. The van der Waals surface area contributed by atoms with Gasteiger partial charge in [0, 0.05) is 5.57 Å². The number of thioether (sulfide) groups is 1. The predicted octanol–water partition coefficient (Wildman–Crippen LogP) is 4.41. The third-order valence-electron chi connectivity index (χ3n) is 2.70. The van der Waals surface area contributed by atoms with Crippen molar-refractivity contribution in [2.45, 2.75) is 0 Å². The van der Waals surface area contributed by atoms with E-state index >= 15 is 0 Å². The van der Waals surface area contributed by atoms with E-state index < -0.39 is 0 Å². The first-order chi connectivity index (χ1) is 8.86. The Morgan fingerprint density at radius 2 is 1.28 bits per heavy atom. The van der Waals surface area contributed by atoms with Crippen molar-refractivity contribution in [3.63, 3.8) is 0 Å². The standard InChI is InChI=1S/C16H16OS/c1-17-16(18-2)15(13-9-5-3-6-10-13)14-11-7-4-8-12-14/h3-12H,1-2H3. The zero-order valence-corrected chi connectivity index (χ0v) is 11.4. The van der Waals surface area contributed by atoms with Gasteiger partial charge in [0.25, 0.3) is 0 Å². The summed E-state index contributed by atoms with van der Waals surface area (Å²) in [4.78, 5) is 0. The highest BCUT2D eigenvalue weighted by Gasteiger charge is 2.11. The van der Waals surface area contributed by atoms with Crippen molar-refractivity contribution in [1.82, 2.24) is 0 Å². The van der Waals surface area contributed by atoms with E-state index in [1.165, 1.54) is 11.1 Å². The highest BCUT2D eigenvalue weighted by Crippen LogP contribution is 2.31. The lowest BCUT2D eigenvalue weighted by atomic mass is 9.99. The number of benzene rings is 2. The SMILES string of the molecule is COC(SC)=C(c1ccccc1)c1ccccc1. The van der Waals surface area contributed by atoms with Gasteiger partial charge in [-0.3, -0.25) is 0 Å². The van der Waals surface area contributed by atoms with Crippen LogP contribution in [0.3, 0.4) is 0 Å². The zero-order valence-electron chi connectivity index (χ0n) is 10.6. The summed E-state index contributed by atoms with van der Waals surface area (Å²) in [5.74, 6) is 0. The molecule has 0 fully saturated rings. The summed E-state index contributed by atoms with van der Waals surface area (Å²) in [5.41, 5.74) is 3.50. The lowest BCUT2D eigenvalue weighted by Gasteiger charge is -2.13. The van der Waals surface area contributed by atoms with Crippen LogP contribution in [-0.4, -0.2) is 13.4 Å². The van der Waals surface area contributed by atoms with Crippen molar-refractivity contribution < 1.29 is 4.74 Å². The topological polar surface area (TPSA) is 9.23 Å². The van der Waals surface area contributed by atoms with Gasteiger partial charge in [-0.25, -0.2) is 0 Å². The van der Waals surface area contributed by atoms with Gasteiger partial charge in [0.05, 0.1) is 7.11 Å². The van der Waals surface area contributed by atoms with Crippen molar-refractivity contribution >= 4 is 17.3 Å². The molecular weight excluding hydrogens is 240 g/mol. The molecule has 0 bridgehead atoms. The highest BCUT2D eigenvalue weighted by molar-refractivity contribution is 8.02. The van der Waals surface area contributed by atoms with E-state index in [0.29, 0.717) is 0 Å². The summed E-state index contributed by atoms with van der Waals surface area (Å²) >= 11 is 1.63. The smallest absolute Gasteiger partial charge is 0.160 e. The molecule has 2 rings (SSSR count). The van der Waals surface area contributed by atoms with Crippen molar-refractivity contribution in [3.8, 4) is 0 Å². The van der Waals surface area contributed by atoms with Gasteiger partial charge in [-0.1, -0.05) is 72.4 Å². The van der Waals surface area contributed by atoms with Crippen molar-refractivity contribution in [2.24, 2.45) is 0 Å². The van der Waals surface area contributed by atoms with Crippen LogP contribution >= 0.6 is 11.8 Å². The third kappa shape index (κ3) is 2.77. The van der Waals surface area contributed by atoms with E-state index in [-0.39, 0.29) is 0 Å². The Morgan fingerprint density at radius 3 is 1.61 bits per heavy atom. The summed E-state index contributed by atoms with van der Waals surface area (Å²) in [6, 6.07) is 20.7. The summed E-state index contributed by atoms with van der Waals surface area (Å²) in [7, 11) is 1.72. The number of hydrogen-bond donors (Lipinski definition) is 0. The lowest BCUT2D eigenvalue weighted by Crippen LogP contribution is -1.94. The Kier molecular flexibility index (Phi) is 4.48. The van der Waals surface area contributed by atoms with Gasteiger partial charge >= 0.3 is 0 Å². The van der Waals surface area contributed by atoms with Crippen LogP contribution in [0.5, 0.6) is 0 Å². The Labute approximate surface area is 112 Å². The van der Waals surface area contributed by atoms with Crippen LogP contribution in [0.25, 0.3) is 5.57 Å². The Bertz CT molecular complexity index is 470. The molecule has 0 saturated heterocycles. The molecule has 0 unspecified atom stereocenters. The maximum absolute atomic E-state index is 5.51. The molecule has 18 heavy (non-hydrogen) atoms. The molecule has 0 saturated carbocycles. The fourth-order valence-electron chi connectivity index (χ4n) is 1.90. The molecule has 0 radical (unpaired) electrons. The van der Waals surface area contributed by atoms with Crippen LogP contribution in [0.15, 0.2) is 65.8 Å². The third-order valence-corrected chi connectivity index (χ3v) is 3.44. The zero-order chi connectivity index (χ0) is 12.8. The maximum Gasteiger partial charge on any atom is 0.160 e. The minimum Gasteiger partial charge on any atom is -0.490 e. The highest BCUT2D eigenvalue weighted by atomic mass is 32.2. The van der Waals surface area contributed by atoms with Crippen LogP contribution in [0.4, 0.5) is 0 Å². The van der Waals surface area contributed by atoms with Crippen molar-refractivity contribution in [3.05, 3.63) is 76.9 Å². The van der Waals surface area contributed by atoms with E-state index in [4.69, 9.17) is 4.74 Å². The fraction of sp³-hybridized carbons (Fsp3) is 0.125. The Morgan fingerprint density at radius 1 is 0.833 bits per heavy atom. The summed E-state index contributed by atoms with van der Waals surface area (Å²) in [5, 5.41) is 0.937. The largest absolute Gasteiger partial charge is 0.490 e. The van der Waals surface area contributed by atoms with Crippen molar-refractivity contribution in [2.75, 3.05) is 13.4 Å². The van der Waals surface area contributed by atoms with Crippen LogP contribution in [0, 0.1) is 0 Å². The molecule has 2 aromatic rings. The normalized spacial score (nSPS) is 9.89. The van der Waals surface area contributed by atoms with Crippen LogP contribution < -0.4 is 0 Å². The number of rotatable bonds is 4. The molecule has 92 valence electrons. The van der Waals surface area contributed by atoms with Crippen LogP contribution in [-0.2, 0) is 4.74 Å². The van der Waals surface area contributed by atoms with E-state index in [1.807, 2.05) is 42.7 Å². The number of ether oxygens (including phenoxy) is 1. The number of methoxy groups -OCH3 is 1. The van der Waals surface area contributed by atoms with Crippen LogP contribution in [0.1, 0.15) is 11.1 Å². The molecular formula is C16H16OS. The summed E-state index contributed by atoms with van der Waals surface area (Å²) in [6.07, 6.45) is 2.03. The van der Waals surface area contributed by atoms with E-state index in [9.17, 15) is 0 Å². The van der Waals surface area contributed by atoms with Crippen molar-refractivity contribution in [1.29, 1.82) is 0 Å². The average molecular weight is 256 g/mol. The molecule has 0 aliphatic carbocycles. The van der Waals surface area contributed by atoms with E-state index in [0.717, 1.165) is 10.7 Å².